The Bertz CT molecular complexity index is 793. The zero-order chi connectivity index (χ0) is 17.6. The van der Waals surface area contributed by atoms with Gasteiger partial charge in [0.05, 0.1) is 5.69 Å². The van der Waals surface area contributed by atoms with Crippen molar-refractivity contribution in [2.45, 2.75) is 24.9 Å². The van der Waals surface area contributed by atoms with Gasteiger partial charge in [0.25, 0.3) is 0 Å². The van der Waals surface area contributed by atoms with Crippen LogP contribution in [0.1, 0.15) is 12.8 Å². The van der Waals surface area contributed by atoms with E-state index in [-0.39, 0.29) is 12.1 Å². The van der Waals surface area contributed by atoms with E-state index in [2.05, 4.69) is 15.7 Å². The Balaban J connectivity index is 1.53. The van der Waals surface area contributed by atoms with Gasteiger partial charge in [-0.3, -0.25) is 10.00 Å². The van der Waals surface area contributed by atoms with E-state index in [0.717, 1.165) is 25.5 Å². The Hall–Kier alpha value is -2.48. The van der Waals surface area contributed by atoms with Gasteiger partial charge in [0.15, 0.2) is 0 Å². The number of hydrogen-bond donors (Lipinski definition) is 2. The number of carbonyl (C=O) groups excluding carboxylic acids is 1. The summed E-state index contributed by atoms with van der Waals surface area (Å²) in [5.41, 5.74) is 0.729. The van der Waals surface area contributed by atoms with Gasteiger partial charge in [-0.2, -0.15) is 5.10 Å². The van der Waals surface area contributed by atoms with E-state index in [1.807, 2.05) is 4.90 Å². The molecule has 3 fully saturated rings. The maximum atomic E-state index is 13.4. The molecule has 2 bridgehead atoms. The zero-order valence-corrected chi connectivity index (χ0v) is 13.8. The van der Waals surface area contributed by atoms with Crippen LogP contribution in [0.2, 0.25) is 0 Å². The lowest BCUT2D eigenvalue weighted by Crippen LogP contribution is -2.63. The van der Waals surface area contributed by atoms with E-state index in [4.69, 9.17) is 0 Å². The van der Waals surface area contributed by atoms with Gasteiger partial charge >= 0.3 is 6.03 Å². The van der Waals surface area contributed by atoms with Crippen molar-refractivity contribution in [1.82, 2.24) is 20.0 Å². The molecule has 0 radical (unpaired) electrons. The molecule has 8 heteroatoms. The lowest BCUT2D eigenvalue weighted by Gasteiger charge is -2.45. The van der Waals surface area contributed by atoms with Gasteiger partial charge in [0, 0.05) is 49.9 Å². The number of fused-ring (bicyclic) bond motifs is 3. The van der Waals surface area contributed by atoms with Crippen LogP contribution < -0.4 is 10.6 Å². The fraction of sp³-hybridized carbons (Fsp3) is 0.412. The average Bonchev–Trinajstić information content (AvgIpc) is 2.96. The van der Waals surface area contributed by atoms with Crippen molar-refractivity contribution in [1.29, 1.82) is 0 Å². The van der Waals surface area contributed by atoms with Crippen LogP contribution in [0.25, 0.3) is 11.3 Å². The second-order valence-corrected chi connectivity index (χ2v) is 6.62. The SMILES string of the molecule is Cn1nc(-c2cc(F)cc(F)c2)cc1NC(=O)N1CC2CCC1CN2. The fourth-order valence-corrected chi connectivity index (χ4v) is 3.57. The summed E-state index contributed by atoms with van der Waals surface area (Å²) in [6.45, 7) is 1.51. The van der Waals surface area contributed by atoms with Crippen molar-refractivity contribution in [2.75, 3.05) is 18.4 Å². The number of carbonyl (C=O) groups is 1. The normalized spacial score (nSPS) is 22.3. The molecule has 2 amide bonds. The number of nitrogens with zero attached hydrogens (tertiary/aromatic N) is 3. The molecule has 3 aliphatic heterocycles. The molecule has 2 atom stereocenters. The number of halogens is 2. The molecule has 1 aromatic heterocycles. The second kappa shape index (κ2) is 6.11. The van der Waals surface area contributed by atoms with Crippen molar-refractivity contribution < 1.29 is 13.6 Å². The molecule has 132 valence electrons. The van der Waals surface area contributed by atoms with E-state index >= 15 is 0 Å². The highest BCUT2D eigenvalue weighted by atomic mass is 19.1. The first kappa shape index (κ1) is 16.0. The zero-order valence-electron chi connectivity index (χ0n) is 13.8. The van der Waals surface area contributed by atoms with Gasteiger partial charge in [-0.1, -0.05) is 0 Å². The molecule has 5 rings (SSSR count). The monoisotopic (exact) mass is 347 g/mol. The van der Waals surface area contributed by atoms with Crippen LogP contribution >= 0.6 is 0 Å². The third-order valence-electron chi connectivity index (χ3n) is 4.88. The maximum Gasteiger partial charge on any atom is 0.323 e. The number of hydrogen-bond acceptors (Lipinski definition) is 3. The van der Waals surface area contributed by atoms with Crippen LogP contribution in [-0.2, 0) is 7.05 Å². The molecule has 0 saturated carbocycles. The molecule has 2 aromatic rings. The van der Waals surface area contributed by atoms with Crippen molar-refractivity contribution in [2.24, 2.45) is 7.05 Å². The Morgan fingerprint density at radius 2 is 2.00 bits per heavy atom. The first-order valence-corrected chi connectivity index (χ1v) is 8.31. The minimum Gasteiger partial charge on any atom is -0.319 e. The Labute approximate surface area is 143 Å². The molecular formula is C17H19F2N5O. The van der Waals surface area contributed by atoms with Gasteiger partial charge in [-0.25, -0.2) is 13.6 Å². The van der Waals surface area contributed by atoms with Crippen LogP contribution in [0.15, 0.2) is 24.3 Å². The molecule has 3 saturated heterocycles. The predicted octanol–water partition coefficient (Wildman–Crippen LogP) is 2.33. The first-order valence-electron chi connectivity index (χ1n) is 8.31. The summed E-state index contributed by atoms with van der Waals surface area (Å²) in [7, 11) is 1.68. The third kappa shape index (κ3) is 3.09. The van der Waals surface area contributed by atoms with Crippen LogP contribution in [-0.4, -0.2) is 45.9 Å². The van der Waals surface area contributed by atoms with Gasteiger partial charge in [0.2, 0.25) is 0 Å². The van der Waals surface area contributed by atoms with E-state index in [1.165, 1.54) is 16.8 Å². The van der Waals surface area contributed by atoms with Gasteiger partial charge < -0.3 is 10.2 Å². The quantitative estimate of drug-likeness (QED) is 0.877. The van der Waals surface area contributed by atoms with E-state index in [9.17, 15) is 13.6 Å². The molecule has 2 N–H and O–H groups in total. The van der Waals surface area contributed by atoms with E-state index < -0.39 is 11.6 Å². The number of piperidine rings is 2. The smallest absolute Gasteiger partial charge is 0.319 e. The highest BCUT2D eigenvalue weighted by molar-refractivity contribution is 5.89. The molecule has 2 unspecified atom stereocenters. The predicted molar refractivity (Wildman–Crippen MR) is 89.1 cm³/mol. The summed E-state index contributed by atoms with van der Waals surface area (Å²) in [5.74, 6) is -0.842. The Morgan fingerprint density at radius 3 is 2.60 bits per heavy atom. The van der Waals surface area contributed by atoms with E-state index in [0.29, 0.717) is 29.7 Å². The molecule has 3 aliphatic rings. The lowest BCUT2D eigenvalue weighted by atomic mass is 9.93. The van der Waals surface area contributed by atoms with Gasteiger partial charge in [0.1, 0.15) is 17.5 Å². The summed E-state index contributed by atoms with van der Waals surface area (Å²) >= 11 is 0. The van der Waals surface area contributed by atoms with E-state index in [1.54, 1.807) is 13.1 Å². The summed E-state index contributed by atoms with van der Waals surface area (Å²) in [4.78, 5) is 14.4. The van der Waals surface area contributed by atoms with Crippen molar-refractivity contribution in [3.05, 3.63) is 35.9 Å². The minimum atomic E-state index is -0.664. The highest BCUT2D eigenvalue weighted by Gasteiger charge is 2.36. The van der Waals surface area contributed by atoms with Crippen LogP contribution in [0.4, 0.5) is 19.4 Å². The average molecular weight is 347 g/mol. The highest BCUT2D eigenvalue weighted by Crippen LogP contribution is 2.25. The first-order chi connectivity index (χ1) is 12.0. The van der Waals surface area contributed by atoms with Crippen LogP contribution in [0, 0.1) is 11.6 Å². The number of urea groups is 1. The largest absolute Gasteiger partial charge is 0.323 e. The summed E-state index contributed by atoms with van der Waals surface area (Å²) < 4.78 is 28.3. The van der Waals surface area contributed by atoms with Crippen molar-refractivity contribution in [3.8, 4) is 11.3 Å². The minimum absolute atomic E-state index is 0.170. The Kier molecular flexibility index (Phi) is 3.91. The number of nitrogens with one attached hydrogen (secondary N) is 2. The number of aromatic nitrogens is 2. The third-order valence-corrected chi connectivity index (χ3v) is 4.88. The molecular weight excluding hydrogens is 328 g/mol. The van der Waals surface area contributed by atoms with Gasteiger partial charge in [-0.15, -0.1) is 0 Å². The number of aryl methyl sites for hydroxylation is 1. The summed E-state index contributed by atoms with van der Waals surface area (Å²) in [6.07, 6.45) is 2.10. The van der Waals surface area contributed by atoms with Crippen LogP contribution in [0.5, 0.6) is 0 Å². The standard InChI is InChI=1S/C17H19F2N5O/c1-23-16(7-15(22-23)10-4-11(18)6-12(19)5-10)21-17(25)24-9-13-2-3-14(24)8-20-13/h4-7,13-14,20H,2-3,8-9H2,1H3,(H,21,25). The van der Waals surface area contributed by atoms with Gasteiger partial charge in [-0.05, 0) is 25.0 Å². The number of benzene rings is 1. The molecule has 25 heavy (non-hydrogen) atoms. The molecule has 0 aliphatic carbocycles. The topological polar surface area (TPSA) is 62.2 Å². The summed E-state index contributed by atoms with van der Waals surface area (Å²) in [5, 5.41) is 10.5. The number of anilines is 1. The van der Waals surface area contributed by atoms with Crippen LogP contribution in [0.3, 0.4) is 0 Å². The molecule has 0 spiro atoms. The molecule has 4 heterocycles. The Morgan fingerprint density at radius 1 is 1.24 bits per heavy atom. The number of piperazine rings is 1. The number of amides is 2. The molecule has 1 aromatic carbocycles. The molecule has 6 nitrogen and oxygen atoms in total. The second-order valence-electron chi connectivity index (χ2n) is 6.62. The lowest BCUT2D eigenvalue weighted by molar-refractivity contribution is 0.106. The number of rotatable bonds is 2. The maximum absolute atomic E-state index is 13.4. The summed E-state index contributed by atoms with van der Waals surface area (Å²) in [6, 6.07) is 5.25. The van der Waals surface area contributed by atoms with Crippen molar-refractivity contribution >= 4 is 11.8 Å². The fourth-order valence-electron chi connectivity index (χ4n) is 3.57. The van der Waals surface area contributed by atoms with Crippen molar-refractivity contribution in [3.63, 3.8) is 0 Å².